The topological polar surface area (TPSA) is 57.3 Å². The van der Waals surface area contributed by atoms with Crippen molar-refractivity contribution in [2.75, 3.05) is 23.3 Å². The highest BCUT2D eigenvalue weighted by molar-refractivity contribution is 7.15. The van der Waals surface area contributed by atoms with E-state index in [1.165, 1.54) is 11.3 Å². The van der Waals surface area contributed by atoms with Gasteiger partial charge in [-0.15, -0.1) is 11.3 Å². The largest absolute Gasteiger partial charge is 0.380 e. The van der Waals surface area contributed by atoms with Gasteiger partial charge in [0.05, 0.1) is 6.54 Å². The Bertz CT molecular complexity index is 630. The van der Waals surface area contributed by atoms with Crippen LogP contribution < -0.4 is 15.5 Å². The summed E-state index contributed by atoms with van der Waals surface area (Å²) in [5.74, 6) is 0. The minimum atomic E-state index is -0.0450. The second kappa shape index (κ2) is 5.68. The van der Waals surface area contributed by atoms with E-state index in [0.717, 1.165) is 16.3 Å². The fourth-order valence-corrected chi connectivity index (χ4v) is 2.97. The molecule has 0 bridgehead atoms. The normalized spacial score (nSPS) is 14.4. The maximum atomic E-state index is 11.6. The second-order valence-electron chi connectivity index (χ2n) is 4.37. The lowest BCUT2D eigenvalue weighted by Crippen LogP contribution is -2.27. The van der Waals surface area contributed by atoms with Crippen molar-refractivity contribution in [1.82, 2.24) is 10.3 Å². The Kier molecular flexibility index (Phi) is 3.75. The number of nitrogens with one attached hydrogen (secondary N) is 2. The molecule has 2 aromatic rings. The average molecular weight is 309 g/mol. The lowest BCUT2D eigenvalue weighted by atomic mass is 10.2. The second-order valence-corrected chi connectivity index (χ2v) is 6.06. The minimum Gasteiger partial charge on any atom is -0.380 e. The standard InChI is InChI=1S/C13H13ClN4OS/c14-12-17-8-11(20-12)7-16-9-2-1-3-10(6-9)18-5-4-15-13(18)19/h1-3,6,8,16H,4-5,7H2,(H,15,19). The first-order chi connectivity index (χ1) is 9.72. The van der Waals surface area contributed by atoms with Gasteiger partial charge in [0.25, 0.3) is 0 Å². The van der Waals surface area contributed by atoms with Crippen LogP contribution >= 0.6 is 22.9 Å². The van der Waals surface area contributed by atoms with Crippen molar-refractivity contribution in [3.8, 4) is 0 Å². The minimum absolute atomic E-state index is 0.0450. The number of aromatic nitrogens is 1. The Morgan fingerprint density at radius 1 is 1.50 bits per heavy atom. The molecule has 20 heavy (non-hydrogen) atoms. The molecule has 1 aromatic heterocycles. The molecule has 2 amide bonds. The first kappa shape index (κ1) is 13.2. The van der Waals surface area contributed by atoms with Gasteiger partial charge < -0.3 is 10.6 Å². The number of nitrogens with zero attached hydrogens (tertiary/aromatic N) is 2. The highest BCUT2D eigenvalue weighted by Gasteiger charge is 2.20. The predicted octanol–water partition coefficient (Wildman–Crippen LogP) is 2.94. The van der Waals surface area contributed by atoms with Gasteiger partial charge in [0.1, 0.15) is 0 Å². The van der Waals surface area contributed by atoms with Gasteiger partial charge in [0, 0.05) is 35.5 Å². The summed E-state index contributed by atoms with van der Waals surface area (Å²) < 4.78 is 0.546. The summed E-state index contributed by atoms with van der Waals surface area (Å²) in [6.07, 6.45) is 1.76. The van der Waals surface area contributed by atoms with E-state index >= 15 is 0 Å². The molecular formula is C13H13ClN4OS. The number of halogens is 1. The molecule has 0 radical (unpaired) electrons. The van der Waals surface area contributed by atoms with Crippen LogP contribution in [0, 0.1) is 0 Å². The quantitative estimate of drug-likeness (QED) is 0.913. The average Bonchev–Trinajstić information content (AvgIpc) is 3.05. The zero-order valence-electron chi connectivity index (χ0n) is 10.6. The number of amides is 2. The third-order valence-corrected chi connectivity index (χ3v) is 4.12. The van der Waals surface area contributed by atoms with Gasteiger partial charge in [-0.05, 0) is 18.2 Å². The molecule has 1 fully saturated rings. The molecule has 104 valence electrons. The molecule has 0 spiro atoms. The van der Waals surface area contributed by atoms with E-state index in [9.17, 15) is 4.79 Å². The third kappa shape index (κ3) is 2.86. The van der Waals surface area contributed by atoms with Crippen LogP contribution in [-0.4, -0.2) is 24.1 Å². The molecule has 1 aromatic carbocycles. The summed E-state index contributed by atoms with van der Waals surface area (Å²) >= 11 is 7.25. The lowest BCUT2D eigenvalue weighted by Gasteiger charge is -2.15. The highest BCUT2D eigenvalue weighted by atomic mass is 35.5. The van der Waals surface area contributed by atoms with E-state index in [1.54, 1.807) is 11.1 Å². The predicted molar refractivity (Wildman–Crippen MR) is 81.6 cm³/mol. The zero-order chi connectivity index (χ0) is 13.9. The van der Waals surface area contributed by atoms with Gasteiger partial charge in [-0.3, -0.25) is 4.90 Å². The lowest BCUT2D eigenvalue weighted by molar-refractivity contribution is 0.252. The van der Waals surface area contributed by atoms with E-state index in [0.29, 0.717) is 24.1 Å². The fraction of sp³-hybridized carbons (Fsp3) is 0.231. The summed E-state index contributed by atoms with van der Waals surface area (Å²) in [4.78, 5) is 18.4. The molecule has 0 aliphatic carbocycles. The SMILES string of the molecule is O=C1NCCN1c1cccc(NCc2cnc(Cl)s2)c1. The number of carbonyl (C=O) groups excluding carboxylic acids is 1. The number of thiazole rings is 1. The van der Waals surface area contributed by atoms with Crippen LogP contribution in [0.5, 0.6) is 0 Å². The highest BCUT2D eigenvalue weighted by Crippen LogP contribution is 2.23. The van der Waals surface area contributed by atoms with E-state index in [2.05, 4.69) is 15.6 Å². The molecule has 1 aliphatic heterocycles. The van der Waals surface area contributed by atoms with Crippen molar-refractivity contribution in [3.05, 3.63) is 39.8 Å². The van der Waals surface area contributed by atoms with Gasteiger partial charge in [-0.1, -0.05) is 17.7 Å². The Labute approximate surface area is 125 Å². The summed E-state index contributed by atoms with van der Waals surface area (Å²) in [6, 6.07) is 7.76. The Morgan fingerprint density at radius 2 is 2.40 bits per heavy atom. The number of rotatable bonds is 4. The van der Waals surface area contributed by atoms with Crippen LogP contribution in [0.3, 0.4) is 0 Å². The number of hydrogen-bond acceptors (Lipinski definition) is 4. The van der Waals surface area contributed by atoms with Gasteiger partial charge in [-0.25, -0.2) is 9.78 Å². The van der Waals surface area contributed by atoms with E-state index < -0.39 is 0 Å². The van der Waals surface area contributed by atoms with Crippen molar-refractivity contribution in [2.45, 2.75) is 6.54 Å². The molecule has 2 heterocycles. The van der Waals surface area contributed by atoms with Crippen molar-refractivity contribution >= 4 is 40.3 Å². The van der Waals surface area contributed by atoms with Crippen molar-refractivity contribution < 1.29 is 4.79 Å². The van der Waals surface area contributed by atoms with E-state index in [1.807, 2.05) is 24.3 Å². The number of carbonyl (C=O) groups is 1. The monoisotopic (exact) mass is 308 g/mol. The van der Waals surface area contributed by atoms with Gasteiger partial charge in [0.2, 0.25) is 0 Å². The summed E-state index contributed by atoms with van der Waals surface area (Å²) in [5, 5.41) is 6.10. The maximum absolute atomic E-state index is 11.6. The van der Waals surface area contributed by atoms with Crippen molar-refractivity contribution in [2.24, 2.45) is 0 Å². The smallest absolute Gasteiger partial charge is 0.321 e. The Hall–Kier alpha value is -1.79. The van der Waals surface area contributed by atoms with Crippen molar-refractivity contribution in [3.63, 3.8) is 0 Å². The molecule has 3 rings (SSSR count). The molecule has 1 saturated heterocycles. The Morgan fingerprint density at radius 3 is 3.10 bits per heavy atom. The molecule has 7 heteroatoms. The molecule has 0 unspecified atom stereocenters. The van der Waals surface area contributed by atoms with Crippen LogP contribution in [0.4, 0.5) is 16.2 Å². The molecule has 1 aliphatic rings. The summed E-state index contributed by atoms with van der Waals surface area (Å²) in [6.45, 7) is 2.06. The molecule has 2 N–H and O–H groups in total. The van der Waals surface area contributed by atoms with Crippen LogP contribution in [0.1, 0.15) is 4.88 Å². The first-order valence-corrected chi connectivity index (χ1v) is 7.41. The Balaban J connectivity index is 1.69. The van der Waals surface area contributed by atoms with Crippen LogP contribution in [0.15, 0.2) is 30.5 Å². The number of anilines is 2. The molecular weight excluding hydrogens is 296 g/mol. The zero-order valence-corrected chi connectivity index (χ0v) is 12.2. The van der Waals surface area contributed by atoms with Gasteiger partial charge in [0.15, 0.2) is 4.47 Å². The molecule has 0 saturated carbocycles. The summed E-state index contributed by atoms with van der Waals surface area (Å²) in [7, 11) is 0. The maximum Gasteiger partial charge on any atom is 0.321 e. The molecule has 5 nitrogen and oxygen atoms in total. The molecule has 0 atom stereocenters. The van der Waals surface area contributed by atoms with Gasteiger partial charge >= 0.3 is 6.03 Å². The fourth-order valence-electron chi connectivity index (χ4n) is 2.06. The van der Waals surface area contributed by atoms with Crippen LogP contribution in [-0.2, 0) is 6.54 Å². The van der Waals surface area contributed by atoms with E-state index in [-0.39, 0.29) is 6.03 Å². The number of urea groups is 1. The van der Waals surface area contributed by atoms with Crippen LogP contribution in [0.25, 0.3) is 0 Å². The number of benzene rings is 1. The van der Waals surface area contributed by atoms with Crippen molar-refractivity contribution in [1.29, 1.82) is 0 Å². The third-order valence-electron chi connectivity index (χ3n) is 3.01. The van der Waals surface area contributed by atoms with Gasteiger partial charge in [-0.2, -0.15) is 0 Å². The summed E-state index contributed by atoms with van der Waals surface area (Å²) in [5.41, 5.74) is 1.86. The number of hydrogen-bond donors (Lipinski definition) is 2. The van der Waals surface area contributed by atoms with E-state index in [4.69, 9.17) is 11.6 Å². The first-order valence-electron chi connectivity index (χ1n) is 6.22. The van der Waals surface area contributed by atoms with Crippen LogP contribution in [0.2, 0.25) is 4.47 Å².